The molecule has 0 radical (unpaired) electrons. The van der Waals surface area contributed by atoms with Crippen LogP contribution >= 0.6 is 23.2 Å². The summed E-state index contributed by atoms with van der Waals surface area (Å²) < 4.78 is 6.07. The van der Waals surface area contributed by atoms with Crippen molar-refractivity contribution in [2.45, 2.75) is 13.5 Å². The summed E-state index contributed by atoms with van der Waals surface area (Å²) >= 11 is 13.2. The number of aryl methyl sites for hydroxylation is 1. The largest absolute Gasteiger partial charge is 0.487 e. The van der Waals surface area contributed by atoms with E-state index >= 15 is 0 Å². The van der Waals surface area contributed by atoms with Crippen LogP contribution in [0.5, 0.6) is 5.75 Å². The smallest absolute Gasteiger partial charge is 0.275 e. The monoisotopic (exact) mass is 655 g/mol. The van der Waals surface area contributed by atoms with E-state index in [1.54, 1.807) is 25.2 Å². The maximum absolute atomic E-state index is 13.0. The number of benzene rings is 2. The third-order valence-corrected chi connectivity index (χ3v) is 7.54. The van der Waals surface area contributed by atoms with Crippen molar-refractivity contribution in [3.05, 3.63) is 118 Å². The van der Waals surface area contributed by atoms with Crippen molar-refractivity contribution in [1.29, 1.82) is 0 Å². The van der Waals surface area contributed by atoms with Crippen LogP contribution in [-0.4, -0.2) is 51.2 Å². The number of ether oxygens (including phenoxy) is 1. The van der Waals surface area contributed by atoms with Crippen LogP contribution in [0.2, 0.25) is 10.0 Å². The molecule has 0 saturated carbocycles. The van der Waals surface area contributed by atoms with Crippen LogP contribution in [-0.2, 0) is 16.2 Å². The number of rotatable bonds is 10. The SMILES string of the molecule is Cc1ccc2cccc(OCc3c(Cl)ccc(N(C)C(=O)CNC(=O)/C=C/c4ccc(C(=O)Nc5cnccn5)nc4)c3Cl)c2n1. The zero-order valence-corrected chi connectivity index (χ0v) is 26.2. The van der Waals surface area contributed by atoms with Crippen molar-refractivity contribution in [2.75, 3.05) is 23.8 Å². The van der Waals surface area contributed by atoms with Crippen LogP contribution in [0.25, 0.3) is 17.0 Å². The van der Waals surface area contributed by atoms with Gasteiger partial charge in [-0.2, -0.15) is 0 Å². The van der Waals surface area contributed by atoms with Crippen molar-refractivity contribution < 1.29 is 19.1 Å². The molecular formula is C33H27Cl2N7O4. The van der Waals surface area contributed by atoms with E-state index in [4.69, 9.17) is 27.9 Å². The molecule has 0 aliphatic heterocycles. The van der Waals surface area contributed by atoms with Gasteiger partial charge in [-0.25, -0.2) is 9.97 Å². The number of aromatic nitrogens is 4. The standard InChI is InChI=1S/C33H27Cl2N7O4/c1-20-6-9-22-4-3-5-27(32(22)40-20)46-19-23-24(34)10-12-26(31(23)35)42(2)30(44)18-39-29(43)13-8-21-7-11-25(38-16-21)33(45)41-28-17-36-14-15-37-28/h3-17H,18-19H2,1-2H3,(H,39,43)(H,37,41,45)/b13-8+. The first-order valence-corrected chi connectivity index (χ1v) is 14.7. The molecule has 13 heteroatoms. The molecule has 3 amide bonds. The number of hydrogen-bond donors (Lipinski definition) is 2. The van der Waals surface area contributed by atoms with Gasteiger partial charge >= 0.3 is 0 Å². The van der Waals surface area contributed by atoms with Gasteiger partial charge in [-0.3, -0.25) is 24.4 Å². The highest BCUT2D eigenvalue weighted by Gasteiger charge is 2.19. The highest BCUT2D eigenvalue weighted by molar-refractivity contribution is 6.38. The molecule has 2 aromatic carbocycles. The van der Waals surface area contributed by atoms with Gasteiger partial charge in [-0.1, -0.05) is 47.5 Å². The molecule has 5 aromatic rings. The normalized spacial score (nSPS) is 11.0. The van der Waals surface area contributed by atoms with Gasteiger partial charge in [0.05, 0.1) is 23.5 Å². The molecule has 0 atom stereocenters. The van der Waals surface area contributed by atoms with Crippen LogP contribution < -0.4 is 20.3 Å². The second-order valence-corrected chi connectivity index (χ2v) is 10.7. The number of likely N-dealkylation sites (N-methyl/N-ethyl adjacent to an activating group) is 1. The van der Waals surface area contributed by atoms with Crippen molar-refractivity contribution >= 4 is 69.4 Å². The van der Waals surface area contributed by atoms with E-state index in [1.807, 2.05) is 37.3 Å². The van der Waals surface area contributed by atoms with E-state index in [0.29, 0.717) is 33.4 Å². The molecule has 3 aromatic heterocycles. The Morgan fingerprint density at radius 3 is 2.59 bits per heavy atom. The lowest BCUT2D eigenvalue weighted by Crippen LogP contribution is -2.37. The Morgan fingerprint density at radius 2 is 1.83 bits per heavy atom. The number of carbonyl (C=O) groups is 3. The first kappa shape index (κ1) is 32.0. The molecule has 0 spiro atoms. The molecule has 46 heavy (non-hydrogen) atoms. The van der Waals surface area contributed by atoms with Gasteiger partial charge in [0.1, 0.15) is 23.6 Å². The fourth-order valence-corrected chi connectivity index (χ4v) is 4.90. The molecule has 5 rings (SSSR count). The van der Waals surface area contributed by atoms with E-state index in [-0.39, 0.29) is 23.9 Å². The molecule has 0 fully saturated rings. The van der Waals surface area contributed by atoms with Crippen molar-refractivity contribution in [1.82, 2.24) is 25.3 Å². The highest BCUT2D eigenvalue weighted by Crippen LogP contribution is 2.35. The van der Waals surface area contributed by atoms with Gasteiger partial charge in [0, 0.05) is 53.4 Å². The van der Waals surface area contributed by atoms with Crippen LogP contribution in [0.4, 0.5) is 11.5 Å². The van der Waals surface area contributed by atoms with Crippen molar-refractivity contribution in [3.63, 3.8) is 0 Å². The minimum Gasteiger partial charge on any atom is -0.487 e. The molecule has 0 bridgehead atoms. The van der Waals surface area contributed by atoms with Gasteiger partial charge in [-0.15, -0.1) is 0 Å². The molecule has 232 valence electrons. The van der Waals surface area contributed by atoms with Gasteiger partial charge in [0.2, 0.25) is 11.8 Å². The Kier molecular flexibility index (Phi) is 10.2. The third-order valence-electron chi connectivity index (χ3n) is 6.76. The lowest BCUT2D eigenvalue weighted by Gasteiger charge is -2.21. The minimum atomic E-state index is -0.499. The van der Waals surface area contributed by atoms with Gasteiger partial charge in [0.15, 0.2) is 5.82 Å². The molecule has 11 nitrogen and oxygen atoms in total. The summed E-state index contributed by atoms with van der Waals surface area (Å²) in [6.07, 6.45) is 8.58. The summed E-state index contributed by atoms with van der Waals surface area (Å²) in [4.78, 5) is 55.6. The second-order valence-electron chi connectivity index (χ2n) is 9.95. The molecule has 0 unspecified atom stereocenters. The fraction of sp³-hybridized carbons (Fsp3) is 0.121. The van der Waals surface area contributed by atoms with Gasteiger partial charge < -0.3 is 20.3 Å². The van der Waals surface area contributed by atoms with E-state index in [1.165, 1.54) is 47.9 Å². The van der Waals surface area contributed by atoms with Gasteiger partial charge in [0.25, 0.3) is 5.91 Å². The van der Waals surface area contributed by atoms with Crippen LogP contribution in [0.1, 0.15) is 27.3 Å². The number of carbonyl (C=O) groups excluding carboxylic acids is 3. The Hall–Kier alpha value is -5.39. The summed E-state index contributed by atoms with van der Waals surface area (Å²) in [6.45, 7) is 1.67. The van der Waals surface area contributed by atoms with Crippen LogP contribution in [0, 0.1) is 6.92 Å². The number of para-hydroxylation sites is 1. The number of hydrogen-bond acceptors (Lipinski definition) is 8. The Morgan fingerprint density at radius 1 is 0.978 bits per heavy atom. The zero-order valence-electron chi connectivity index (χ0n) is 24.7. The van der Waals surface area contributed by atoms with Gasteiger partial charge in [-0.05, 0) is 48.9 Å². The number of halogens is 2. The summed E-state index contributed by atoms with van der Waals surface area (Å²) in [6, 6.07) is 15.9. The van der Waals surface area contributed by atoms with E-state index in [9.17, 15) is 14.4 Å². The minimum absolute atomic E-state index is 0.0476. The molecule has 3 heterocycles. The summed E-state index contributed by atoms with van der Waals surface area (Å²) in [5.74, 6) is -0.482. The molecule has 0 saturated heterocycles. The first-order valence-electron chi connectivity index (χ1n) is 13.9. The highest BCUT2D eigenvalue weighted by atomic mass is 35.5. The topological polar surface area (TPSA) is 139 Å². The third kappa shape index (κ3) is 7.81. The van der Waals surface area contributed by atoms with Crippen LogP contribution in [0.3, 0.4) is 0 Å². The number of anilines is 2. The number of pyridine rings is 2. The van der Waals surface area contributed by atoms with Crippen molar-refractivity contribution in [3.8, 4) is 5.75 Å². The number of nitrogens with zero attached hydrogens (tertiary/aromatic N) is 5. The summed E-state index contributed by atoms with van der Waals surface area (Å²) in [5.41, 5.74) is 3.22. The quantitative estimate of drug-likeness (QED) is 0.184. The van der Waals surface area contributed by atoms with E-state index in [0.717, 1.165) is 16.6 Å². The Labute approximate surface area is 274 Å². The summed E-state index contributed by atoms with van der Waals surface area (Å²) in [7, 11) is 1.55. The molecular weight excluding hydrogens is 629 g/mol. The zero-order chi connectivity index (χ0) is 32.6. The average molecular weight is 657 g/mol. The number of amides is 3. The van der Waals surface area contributed by atoms with Crippen molar-refractivity contribution in [2.24, 2.45) is 0 Å². The number of fused-ring (bicyclic) bond motifs is 1. The molecule has 2 N–H and O–H groups in total. The maximum Gasteiger partial charge on any atom is 0.275 e. The first-order chi connectivity index (χ1) is 22.2. The lowest BCUT2D eigenvalue weighted by molar-refractivity contribution is -0.122. The number of nitrogens with one attached hydrogen (secondary N) is 2. The predicted octanol–water partition coefficient (Wildman–Crippen LogP) is 5.66. The van der Waals surface area contributed by atoms with E-state index < -0.39 is 17.7 Å². The lowest BCUT2D eigenvalue weighted by atomic mass is 10.1. The average Bonchev–Trinajstić information content (AvgIpc) is 3.06. The summed E-state index contributed by atoms with van der Waals surface area (Å²) in [5, 5.41) is 6.71. The fourth-order valence-electron chi connectivity index (χ4n) is 4.29. The maximum atomic E-state index is 13.0. The predicted molar refractivity (Wildman–Crippen MR) is 177 cm³/mol. The van der Waals surface area contributed by atoms with Crippen LogP contribution in [0.15, 0.2) is 85.5 Å². The Bertz CT molecular complexity index is 1940. The second kappa shape index (κ2) is 14.6. The molecule has 0 aliphatic carbocycles. The Balaban J connectivity index is 1.16. The molecule has 0 aliphatic rings. The van der Waals surface area contributed by atoms with E-state index in [2.05, 4.69) is 30.6 Å².